The van der Waals surface area contributed by atoms with Gasteiger partial charge in [0.1, 0.15) is 11.5 Å². The summed E-state index contributed by atoms with van der Waals surface area (Å²) in [4.78, 5) is 21.1. The molecule has 0 spiro atoms. The van der Waals surface area contributed by atoms with E-state index >= 15 is 0 Å². The molecule has 0 radical (unpaired) electrons. The van der Waals surface area contributed by atoms with E-state index in [9.17, 15) is 13.2 Å². The molecule has 1 aliphatic rings. The molecule has 1 saturated heterocycles. The third-order valence-electron chi connectivity index (χ3n) is 5.02. The molecular weight excluding hydrogens is 414 g/mol. The second-order valence-electron chi connectivity index (χ2n) is 6.92. The van der Waals surface area contributed by atoms with E-state index in [1.54, 1.807) is 36.9 Å². The highest BCUT2D eigenvalue weighted by atomic mass is 32.2. The van der Waals surface area contributed by atoms with Crippen molar-refractivity contribution in [2.45, 2.75) is 24.8 Å². The van der Waals surface area contributed by atoms with Gasteiger partial charge in [-0.2, -0.15) is 4.31 Å². The molecule has 3 aromatic rings. The third-order valence-corrected chi connectivity index (χ3v) is 7.55. The Kier molecular flexibility index (Phi) is 5.28. The van der Waals surface area contributed by atoms with Crippen LogP contribution in [0.3, 0.4) is 0 Å². The number of nitrogens with zero attached hydrogens (tertiary/aromatic N) is 4. The number of carbonyl (C=O) groups excluding carboxylic acids is 1. The first-order valence-electron chi connectivity index (χ1n) is 9.15. The minimum Gasteiger partial charge on any atom is -0.463 e. The first-order chi connectivity index (χ1) is 13.8. The number of aromatic nitrogens is 3. The number of carbonyl (C=O) groups is 1. The van der Waals surface area contributed by atoms with Crippen LogP contribution in [0.15, 0.2) is 39.4 Å². The molecule has 0 bridgehead atoms. The first kappa shape index (κ1) is 19.8. The summed E-state index contributed by atoms with van der Waals surface area (Å²) in [5, 5.41) is 5.20. The van der Waals surface area contributed by atoms with Gasteiger partial charge in [0.05, 0.1) is 6.26 Å². The Hall–Kier alpha value is -2.50. The average molecular weight is 436 g/mol. The molecule has 11 heteroatoms. The quantitative estimate of drug-likeness (QED) is 0.659. The Labute approximate surface area is 172 Å². The predicted octanol–water partition coefficient (Wildman–Crippen LogP) is 2.48. The summed E-state index contributed by atoms with van der Waals surface area (Å²) in [6, 6.07) is 3.58. The molecule has 1 fully saturated rings. The molecule has 4 rings (SSSR count). The lowest BCUT2D eigenvalue weighted by Gasteiger charge is -2.29. The van der Waals surface area contributed by atoms with Crippen LogP contribution in [0.2, 0.25) is 0 Å². The van der Waals surface area contributed by atoms with Gasteiger partial charge < -0.3 is 14.3 Å². The Morgan fingerprint density at radius 1 is 1.31 bits per heavy atom. The van der Waals surface area contributed by atoms with E-state index in [1.807, 2.05) is 5.38 Å². The number of sulfonamides is 1. The van der Waals surface area contributed by atoms with E-state index in [2.05, 4.69) is 15.3 Å². The number of hydrogen-bond acceptors (Lipinski definition) is 7. The van der Waals surface area contributed by atoms with Crippen molar-refractivity contribution < 1.29 is 17.6 Å². The van der Waals surface area contributed by atoms with Crippen LogP contribution in [0.4, 0.5) is 5.13 Å². The van der Waals surface area contributed by atoms with Gasteiger partial charge in [0, 0.05) is 37.6 Å². The standard InChI is InChI=1S/C18H21N5O4S2/c1-12-19-16(10-22(12)2)29(25,26)23-7-5-13(6-8-23)17(24)21-18-20-14(11-28-18)15-4-3-9-27-15/h3-4,9-11,13H,5-8H2,1-2H3,(H,20,21,24). The number of thiazole rings is 1. The highest BCUT2D eigenvalue weighted by Crippen LogP contribution is 2.28. The molecule has 4 heterocycles. The summed E-state index contributed by atoms with van der Waals surface area (Å²) in [5.74, 6) is 0.874. The summed E-state index contributed by atoms with van der Waals surface area (Å²) in [5.41, 5.74) is 0.668. The average Bonchev–Trinajstić information content (AvgIpc) is 3.44. The van der Waals surface area contributed by atoms with Gasteiger partial charge in [-0.1, -0.05) is 0 Å². The van der Waals surface area contributed by atoms with Crippen LogP contribution in [0, 0.1) is 12.8 Å². The van der Waals surface area contributed by atoms with Crippen molar-refractivity contribution in [3.05, 3.63) is 35.8 Å². The Bertz CT molecular complexity index is 1090. The lowest BCUT2D eigenvalue weighted by molar-refractivity contribution is -0.120. The van der Waals surface area contributed by atoms with Crippen LogP contribution in [-0.4, -0.2) is 46.3 Å². The van der Waals surface area contributed by atoms with Gasteiger partial charge in [0.2, 0.25) is 5.91 Å². The predicted molar refractivity (Wildman–Crippen MR) is 108 cm³/mol. The monoisotopic (exact) mass is 435 g/mol. The van der Waals surface area contributed by atoms with Crippen LogP contribution in [-0.2, 0) is 21.9 Å². The van der Waals surface area contributed by atoms with Crippen LogP contribution < -0.4 is 5.32 Å². The maximum Gasteiger partial charge on any atom is 0.262 e. The molecule has 154 valence electrons. The first-order valence-corrected chi connectivity index (χ1v) is 11.5. The molecule has 1 aliphatic heterocycles. The Morgan fingerprint density at radius 3 is 2.69 bits per heavy atom. The van der Waals surface area contributed by atoms with E-state index in [-0.39, 0.29) is 29.9 Å². The van der Waals surface area contributed by atoms with Gasteiger partial charge in [0.25, 0.3) is 10.0 Å². The number of furan rings is 1. The number of piperidine rings is 1. The van der Waals surface area contributed by atoms with Gasteiger partial charge in [-0.15, -0.1) is 11.3 Å². The minimum atomic E-state index is -3.64. The van der Waals surface area contributed by atoms with Crippen molar-refractivity contribution in [2.75, 3.05) is 18.4 Å². The number of amides is 1. The van der Waals surface area contributed by atoms with E-state index in [0.29, 0.717) is 35.3 Å². The highest BCUT2D eigenvalue weighted by Gasteiger charge is 2.33. The van der Waals surface area contributed by atoms with Gasteiger partial charge in [-0.05, 0) is 31.9 Å². The summed E-state index contributed by atoms with van der Waals surface area (Å²) in [6.45, 7) is 2.32. The van der Waals surface area contributed by atoms with Crippen LogP contribution in [0.5, 0.6) is 0 Å². The van der Waals surface area contributed by atoms with Crippen LogP contribution in [0.1, 0.15) is 18.7 Å². The maximum absolute atomic E-state index is 12.8. The van der Waals surface area contributed by atoms with Gasteiger partial charge in [0.15, 0.2) is 15.9 Å². The summed E-state index contributed by atoms with van der Waals surface area (Å²) in [6.07, 6.45) is 3.99. The topological polar surface area (TPSA) is 110 Å². The van der Waals surface area contributed by atoms with Gasteiger partial charge in [-0.25, -0.2) is 18.4 Å². The smallest absolute Gasteiger partial charge is 0.262 e. The Balaban J connectivity index is 1.36. The molecule has 0 atom stereocenters. The summed E-state index contributed by atoms with van der Waals surface area (Å²) in [7, 11) is -1.89. The molecule has 0 unspecified atom stereocenters. The fourth-order valence-electron chi connectivity index (χ4n) is 3.22. The second kappa shape index (κ2) is 7.73. The maximum atomic E-state index is 12.8. The number of aryl methyl sites for hydroxylation is 2. The van der Waals surface area contributed by atoms with Crippen molar-refractivity contribution >= 4 is 32.4 Å². The number of rotatable bonds is 5. The van der Waals surface area contributed by atoms with E-state index in [0.717, 1.165) is 0 Å². The zero-order valence-electron chi connectivity index (χ0n) is 16.0. The fourth-order valence-corrected chi connectivity index (χ4v) is 5.41. The minimum absolute atomic E-state index is 0.0497. The van der Waals surface area contributed by atoms with E-state index in [1.165, 1.54) is 21.8 Å². The number of nitrogens with one attached hydrogen (secondary N) is 1. The normalized spacial score (nSPS) is 16.2. The lowest BCUT2D eigenvalue weighted by atomic mass is 9.97. The van der Waals surface area contributed by atoms with Gasteiger partial charge in [-0.3, -0.25) is 4.79 Å². The van der Waals surface area contributed by atoms with Crippen LogP contribution >= 0.6 is 11.3 Å². The zero-order chi connectivity index (χ0) is 20.6. The third kappa shape index (κ3) is 3.98. The molecule has 0 aliphatic carbocycles. The Morgan fingerprint density at radius 2 is 2.07 bits per heavy atom. The van der Waals surface area contributed by atoms with E-state index in [4.69, 9.17) is 4.42 Å². The second-order valence-corrected chi connectivity index (χ2v) is 9.66. The van der Waals surface area contributed by atoms with Gasteiger partial charge >= 0.3 is 0 Å². The molecule has 0 saturated carbocycles. The molecule has 9 nitrogen and oxygen atoms in total. The number of hydrogen-bond donors (Lipinski definition) is 1. The molecular formula is C18H21N5O4S2. The highest BCUT2D eigenvalue weighted by molar-refractivity contribution is 7.89. The largest absolute Gasteiger partial charge is 0.463 e. The molecule has 3 aromatic heterocycles. The van der Waals surface area contributed by atoms with Crippen molar-refractivity contribution in [2.24, 2.45) is 13.0 Å². The van der Waals surface area contributed by atoms with Crippen molar-refractivity contribution in [1.29, 1.82) is 0 Å². The van der Waals surface area contributed by atoms with Crippen molar-refractivity contribution in [3.63, 3.8) is 0 Å². The zero-order valence-corrected chi connectivity index (χ0v) is 17.7. The van der Waals surface area contributed by atoms with Crippen molar-refractivity contribution in [1.82, 2.24) is 18.8 Å². The lowest BCUT2D eigenvalue weighted by Crippen LogP contribution is -2.41. The molecule has 1 N–H and O–H groups in total. The number of imidazole rings is 1. The molecule has 1 amide bonds. The molecule has 0 aromatic carbocycles. The fraction of sp³-hybridized carbons (Fsp3) is 0.389. The van der Waals surface area contributed by atoms with Crippen LogP contribution in [0.25, 0.3) is 11.5 Å². The summed E-state index contributed by atoms with van der Waals surface area (Å²) >= 11 is 1.33. The SMILES string of the molecule is Cc1nc(S(=O)(=O)N2CCC(C(=O)Nc3nc(-c4ccco4)cs3)CC2)cn1C. The number of anilines is 1. The molecule has 29 heavy (non-hydrogen) atoms. The van der Waals surface area contributed by atoms with Crippen molar-refractivity contribution in [3.8, 4) is 11.5 Å². The van der Waals surface area contributed by atoms with E-state index < -0.39 is 10.0 Å². The summed E-state index contributed by atoms with van der Waals surface area (Å²) < 4.78 is 33.9.